The lowest BCUT2D eigenvalue weighted by Crippen LogP contribution is -2.52. The summed E-state index contributed by atoms with van der Waals surface area (Å²) in [5.74, 6) is -0.160. The molecule has 1 aliphatic rings. The van der Waals surface area contributed by atoms with Crippen molar-refractivity contribution in [2.45, 2.75) is 30.1 Å². The van der Waals surface area contributed by atoms with E-state index in [-0.39, 0.29) is 5.91 Å². The Morgan fingerprint density at radius 2 is 2.06 bits per heavy atom. The van der Waals surface area contributed by atoms with Gasteiger partial charge in [-0.15, -0.1) is 0 Å². The van der Waals surface area contributed by atoms with Crippen LogP contribution in [0.25, 0.3) is 0 Å². The maximum Gasteiger partial charge on any atom is 0.252 e. The number of nitrogens with zero attached hydrogens (tertiary/aromatic N) is 1. The zero-order valence-electron chi connectivity index (χ0n) is 9.37. The van der Waals surface area contributed by atoms with Gasteiger partial charge < -0.3 is 5.32 Å². The number of nitrogens with one attached hydrogen (secondary N) is 1. The van der Waals surface area contributed by atoms with Crippen molar-refractivity contribution in [3.05, 3.63) is 35.4 Å². The molecule has 1 amide bonds. The van der Waals surface area contributed by atoms with Crippen LogP contribution in [0.2, 0.25) is 0 Å². The maximum absolute atomic E-state index is 11.9. The topological polar surface area (TPSA) is 52.9 Å². The molecule has 3 nitrogen and oxygen atoms in total. The van der Waals surface area contributed by atoms with Gasteiger partial charge in [0.25, 0.3) is 5.91 Å². The Morgan fingerprint density at radius 3 is 2.47 bits per heavy atom. The minimum atomic E-state index is -0.620. The highest BCUT2D eigenvalue weighted by molar-refractivity contribution is 9.08. The third-order valence-electron chi connectivity index (χ3n) is 3.14. The molecule has 0 saturated heterocycles. The van der Waals surface area contributed by atoms with Crippen molar-refractivity contribution in [2.24, 2.45) is 0 Å². The van der Waals surface area contributed by atoms with Gasteiger partial charge in [0.2, 0.25) is 0 Å². The number of carbonyl (C=O) groups excluding carboxylic acids is 1. The fraction of sp³-hybridized carbons (Fsp3) is 0.385. The molecule has 0 heterocycles. The fourth-order valence-electron chi connectivity index (χ4n) is 1.83. The predicted molar refractivity (Wildman–Crippen MR) is 68.7 cm³/mol. The molecule has 1 aliphatic carbocycles. The van der Waals surface area contributed by atoms with Crippen LogP contribution in [-0.2, 0) is 5.33 Å². The largest absolute Gasteiger partial charge is 0.334 e. The second-order valence-electron chi connectivity index (χ2n) is 4.33. The lowest BCUT2D eigenvalue weighted by atomic mass is 9.78. The predicted octanol–water partition coefficient (Wildman–Crippen LogP) is 2.76. The minimum absolute atomic E-state index is 0.160. The summed E-state index contributed by atoms with van der Waals surface area (Å²) >= 11 is 3.36. The van der Waals surface area contributed by atoms with Gasteiger partial charge in [0.05, 0.1) is 6.07 Å². The number of hydrogen-bond donors (Lipinski definition) is 1. The van der Waals surface area contributed by atoms with Crippen LogP contribution in [-0.4, -0.2) is 11.4 Å². The number of amides is 1. The molecule has 2 rings (SSSR count). The van der Waals surface area contributed by atoms with Crippen LogP contribution in [0.15, 0.2) is 24.3 Å². The summed E-state index contributed by atoms with van der Waals surface area (Å²) < 4.78 is 0. The third-order valence-corrected chi connectivity index (χ3v) is 3.79. The van der Waals surface area contributed by atoms with Gasteiger partial charge in [-0.2, -0.15) is 5.26 Å². The Hall–Kier alpha value is -1.34. The Labute approximate surface area is 109 Å². The van der Waals surface area contributed by atoms with Crippen LogP contribution in [0.1, 0.15) is 35.2 Å². The molecule has 17 heavy (non-hydrogen) atoms. The number of halogens is 1. The molecule has 0 radical (unpaired) electrons. The van der Waals surface area contributed by atoms with Crippen LogP contribution in [0.4, 0.5) is 0 Å². The van der Waals surface area contributed by atoms with Crippen LogP contribution in [0.5, 0.6) is 0 Å². The number of hydrogen-bond acceptors (Lipinski definition) is 2. The van der Waals surface area contributed by atoms with Crippen molar-refractivity contribution in [1.29, 1.82) is 5.26 Å². The zero-order valence-corrected chi connectivity index (χ0v) is 11.0. The normalized spacial score (nSPS) is 16.7. The maximum atomic E-state index is 11.9. The summed E-state index contributed by atoms with van der Waals surface area (Å²) in [4.78, 5) is 11.9. The first-order valence-electron chi connectivity index (χ1n) is 5.58. The Balaban J connectivity index is 2.07. The van der Waals surface area contributed by atoms with Gasteiger partial charge in [0.15, 0.2) is 0 Å². The average Bonchev–Trinajstić information content (AvgIpc) is 2.33. The molecule has 0 aromatic heterocycles. The van der Waals surface area contributed by atoms with Gasteiger partial charge >= 0.3 is 0 Å². The Kier molecular flexibility index (Phi) is 3.49. The highest BCUT2D eigenvalue weighted by Crippen LogP contribution is 2.31. The molecule has 4 heteroatoms. The van der Waals surface area contributed by atoms with E-state index < -0.39 is 5.54 Å². The van der Waals surface area contributed by atoms with Crippen molar-refractivity contribution in [1.82, 2.24) is 5.32 Å². The van der Waals surface area contributed by atoms with Gasteiger partial charge in [-0.3, -0.25) is 4.79 Å². The molecule has 0 bridgehead atoms. The van der Waals surface area contributed by atoms with E-state index in [9.17, 15) is 4.79 Å². The van der Waals surface area contributed by atoms with E-state index in [1.807, 2.05) is 12.1 Å². The molecule has 1 aromatic rings. The summed E-state index contributed by atoms with van der Waals surface area (Å²) in [7, 11) is 0. The highest BCUT2D eigenvalue weighted by atomic mass is 79.9. The van der Waals surface area contributed by atoms with E-state index in [1.54, 1.807) is 12.1 Å². The van der Waals surface area contributed by atoms with Crippen molar-refractivity contribution >= 4 is 21.8 Å². The molecule has 1 aromatic carbocycles. The summed E-state index contributed by atoms with van der Waals surface area (Å²) in [6.07, 6.45) is 2.53. The molecule has 0 spiro atoms. The van der Waals surface area contributed by atoms with Crippen molar-refractivity contribution in [3.63, 3.8) is 0 Å². The van der Waals surface area contributed by atoms with Crippen LogP contribution in [0.3, 0.4) is 0 Å². The second-order valence-corrected chi connectivity index (χ2v) is 4.89. The van der Waals surface area contributed by atoms with Gasteiger partial charge in [0, 0.05) is 10.9 Å². The number of rotatable bonds is 3. The molecule has 1 saturated carbocycles. The monoisotopic (exact) mass is 292 g/mol. The van der Waals surface area contributed by atoms with E-state index >= 15 is 0 Å². The quantitative estimate of drug-likeness (QED) is 0.871. The highest BCUT2D eigenvalue weighted by Gasteiger charge is 2.38. The van der Waals surface area contributed by atoms with Crippen molar-refractivity contribution in [3.8, 4) is 6.07 Å². The van der Waals surface area contributed by atoms with E-state index in [0.717, 1.165) is 30.2 Å². The third kappa shape index (κ3) is 2.50. The van der Waals surface area contributed by atoms with Crippen LogP contribution < -0.4 is 5.32 Å². The van der Waals surface area contributed by atoms with Crippen LogP contribution in [0, 0.1) is 11.3 Å². The van der Waals surface area contributed by atoms with Crippen molar-refractivity contribution in [2.75, 3.05) is 0 Å². The molecular formula is C13H13BrN2O. The molecule has 1 fully saturated rings. The summed E-state index contributed by atoms with van der Waals surface area (Å²) in [5.41, 5.74) is 1.11. The Morgan fingerprint density at radius 1 is 1.41 bits per heavy atom. The smallest absolute Gasteiger partial charge is 0.252 e. The molecular weight excluding hydrogens is 280 g/mol. The van der Waals surface area contributed by atoms with Gasteiger partial charge in [-0.1, -0.05) is 28.1 Å². The fourth-order valence-corrected chi connectivity index (χ4v) is 2.20. The van der Waals surface area contributed by atoms with Crippen LogP contribution >= 0.6 is 15.9 Å². The number of benzene rings is 1. The summed E-state index contributed by atoms with van der Waals surface area (Å²) in [5, 5.41) is 12.6. The zero-order chi connectivity index (χ0) is 12.3. The van der Waals surface area contributed by atoms with Gasteiger partial charge in [0.1, 0.15) is 5.54 Å². The number of nitriles is 1. The Bertz CT molecular complexity index is 457. The standard InChI is InChI=1S/C13H13BrN2O/c14-8-10-2-4-11(5-3-10)12(17)16-13(9-15)6-1-7-13/h2-5H,1,6-8H2,(H,16,17). The molecule has 0 unspecified atom stereocenters. The summed E-state index contributed by atoms with van der Waals surface area (Å²) in [6.45, 7) is 0. The molecule has 88 valence electrons. The van der Waals surface area contributed by atoms with Crippen molar-refractivity contribution < 1.29 is 4.79 Å². The first kappa shape index (κ1) is 12.1. The molecule has 1 N–H and O–H groups in total. The van der Waals surface area contributed by atoms with E-state index in [1.165, 1.54) is 0 Å². The summed E-state index contributed by atoms with van der Waals surface area (Å²) in [6, 6.07) is 9.59. The minimum Gasteiger partial charge on any atom is -0.334 e. The first-order valence-corrected chi connectivity index (χ1v) is 6.70. The average molecular weight is 293 g/mol. The number of carbonyl (C=O) groups is 1. The lowest BCUT2D eigenvalue weighted by molar-refractivity contribution is 0.0881. The molecule has 0 atom stereocenters. The van der Waals surface area contributed by atoms with E-state index in [4.69, 9.17) is 5.26 Å². The first-order chi connectivity index (χ1) is 8.19. The molecule has 0 aliphatic heterocycles. The van der Waals surface area contributed by atoms with E-state index in [2.05, 4.69) is 27.3 Å². The SMILES string of the molecule is N#CC1(NC(=O)c2ccc(CBr)cc2)CCC1. The van der Waals surface area contributed by atoms with Gasteiger partial charge in [-0.05, 0) is 37.0 Å². The number of alkyl halides is 1. The van der Waals surface area contributed by atoms with E-state index in [0.29, 0.717) is 5.56 Å². The second kappa shape index (κ2) is 4.89. The van der Waals surface area contributed by atoms with Gasteiger partial charge in [-0.25, -0.2) is 0 Å². The lowest BCUT2D eigenvalue weighted by Gasteiger charge is -2.35.